The molecule has 5 heteroatoms. The Bertz CT molecular complexity index is 478. The summed E-state index contributed by atoms with van der Waals surface area (Å²) in [5, 5.41) is 7.72. The first-order valence-corrected chi connectivity index (χ1v) is 7.30. The number of rotatable bonds is 5. The predicted molar refractivity (Wildman–Crippen MR) is 75.4 cm³/mol. The maximum atomic E-state index is 4.38. The van der Waals surface area contributed by atoms with Crippen LogP contribution in [0.3, 0.4) is 0 Å². The highest BCUT2D eigenvalue weighted by molar-refractivity contribution is 9.11. The zero-order valence-corrected chi connectivity index (χ0v) is 12.4. The van der Waals surface area contributed by atoms with Crippen molar-refractivity contribution in [1.82, 2.24) is 15.1 Å². The molecule has 0 radical (unpaired) electrons. The average molecular weight is 314 g/mol. The van der Waals surface area contributed by atoms with Gasteiger partial charge in [0.1, 0.15) is 0 Å². The van der Waals surface area contributed by atoms with Crippen LogP contribution in [0.4, 0.5) is 0 Å². The Labute approximate surface area is 114 Å². The summed E-state index contributed by atoms with van der Waals surface area (Å²) in [4.78, 5) is 1.30. The highest BCUT2D eigenvalue weighted by atomic mass is 79.9. The Balaban J connectivity index is 2.22. The van der Waals surface area contributed by atoms with Gasteiger partial charge in [-0.15, -0.1) is 11.3 Å². The molecule has 2 aromatic heterocycles. The fraction of sp³-hybridized carbons (Fsp3) is 0.417. The molecule has 0 bridgehead atoms. The van der Waals surface area contributed by atoms with Crippen LogP contribution in [0.2, 0.25) is 0 Å². The highest BCUT2D eigenvalue weighted by Crippen LogP contribution is 2.30. The number of nitrogens with zero attached hydrogens (tertiary/aromatic N) is 2. The number of halogens is 1. The van der Waals surface area contributed by atoms with E-state index in [9.17, 15) is 0 Å². The van der Waals surface area contributed by atoms with Crippen molar-refractivity contribution in [3.63, 3.8) is 0 Å². The van der Waals surface area contributed by atoms with Crippen LogP contribution >= 0.6 is 27.3 Å². The van der Waals surface area contributed by atoms with E-state index in [1.165, 1.54) is 10.4 Å². The van der Waals surface area contributed by atoms with Crippen LogP contribution in [0, 0.1) is 0 Å². The topological polar surface area (TPSA) is 29.9 Å². The van der Waals surface area contributed by atoms with E-state index >= 15 is 0 Å². The first kappa shape index (κ1) is 12.8. The van der Waals surface area contributed by atoms with Crippen molar-refractivity contribution in [2.75, 3.05) is 7.05 Å². The summed E-state index contributed by atoms with van der Waals surface area (Å²) in [6, 6.07) is 4.46. The summed E-state index contributed by atoms with van der Waals surface area (Å²) < 4.78 is 3.16. The van der Waals surface area contributed by atoms with E-state index in [1.54, 1.807) is 11.3 Å². The van der Waals surface area contributed by atoms with Gasteiger partial charge in [-0.2, -0.15) is 5.10 Å². The minimum absolute atomic E-state index is 0.233. The summed E-state index contributed by atoms with van der Waals surface area (Å²) in [6.45, 7) is 3.14. The zero-order chi connectivity index (χ0) is 12.3. The number of hydrogen-bond acceptors (Lipinski definition) is 3. The Morgan fingerprint density at radius 2 is 2.35 bits per heavy atom. The summed E-state index contributed by atoms with van der Waals surface area (Å²) in [5.74, 6) is 0. The lowest BCUT2D eigenvalue weighted by Crippen LogP contribution is -2.15. The molecule has 0 aromatic carbocycles. The molecule has 2 heterocycles. The molecule has 1 atom stereocenters. The minimum atomic E-state index is 0.233. The Morgan fingerprint density at radius 3 is 2.94 bits per heavy atom. The monoisotopic (exact) mass is 313 g/mol. The molecular formula is C12H16BrN3S. The quantitative estimate of drug-likeness (QED) is 0.916. The van der Waals surface area contributed by atoms with Crippen LogP contribution < -0.4 is 5.32 Å². The number of hydrogen-bond donors (Lipinski definition) is 1. The summed E-state index contributed by atoms with van der Waals surface area (Å²) >= 11 is 5.26. The fourth-order valence-electron chi connectivity index (χ4n) is 1.84. The van der Waals surface area contributed by atoms with Crippen LogP contribution in [0.5, 0.6) is 0 Å². The molecule has 17 heavy (non-hydrogen) atoms. The molecule has 1 N–H and O–H groups in total. The SMILES string of the molecule is CCCn1cc(C(NC)c2ccc(Br)s2)cn1. The third-order valence-electron chi connectivity index (χ3n) is 2.61. The van der Waals surface area contributed by atoms with Crippen molar-refractivity contribution in [3.8, 4) is 0 Å². The molecule has 0 aliphatic carbocycles. The van der Waals surface area contributed by atoms with E-state index < -0.39 is 0 Å². The van der Waals surface area contributed by atoms with Crippen molar-refractivity contribution >= 4 is 27.3 Å². The number of aryl methyl sites for hydroxylation is 1. The molecule has 0 spiro atoms. The van der Waals surface area contributed by atoms with Gasteiger partial charge in [-0.3, -0.25) is 4.68 Å². The average Bonchev–Trinajstić information content (AvgIpc) is 2.91. The first-order chi connectivity index (χ1) is 8.24. The number of nitrogens with one attached hydrogen (secondary N) is 1. The van der Waals surface area contributed by atoms with Crippen LogP contribution in [0.1, 0.15) is 29.8 Å². The first-order valence-electron chi connectivity index (χ1n) is 5.69. The van der Waals surface area contributed by atoms with Crippen molar-refractivity contribution in [1.29, 1.82) is 0 Å². The van der Waals surface area contributed by atoms with Crippen LogP contribution in [-0.4, -0.2) is 16.8 Å². The van der Waals surface area contributed by atoms with Crippen molar-refractivity contribution in [2.24, 2.45) is 0 Å². The molecule has 1 unspecified atom stereocenters. The smallest absolute Gasteiger partial charge is 0.0702 e. The molecule has 0 saturated carbocycles. The largest absolute Gasteiger partial charge is 0.309 e. The third-order valence-corrected chi connectivity index (χ3v) is 4.29. The molecule has 0 aliphatic rings. The molecule has 0 aliphatic heterocycles. The van der Waals surface area contributed by atoms with Crippen molar-refractivity contribution in [3.05, 3.63) is 38.8 Å². The van der Waals surface area contributed by atoms with Gasteiger partial charge in [0.15, 0.2) is 0 Å². The molecule has 2 rings (SSSR count). The second-order valence-electron chi connectivity index (χ2n) is 3.90. The zero-order valence-electron chi connectivity index (χ0n) is 9.98. The summed E-state index contributed by atoms with van der Waals surface area (Å²) in [7, 11) is 1.98. The van der Waals surface area contributed by atoms with Crippen LogP contribution in [-0.2, 0) is 6.54 Å². The normalized spacial score (nSPS) is 12.9. The van der Waals surface area contributed by atoms with Crippen LogP contribution in [0.15, 0.2) is 28.3 Å². The van der Waals surface area contributed by atoms with Gasteiger partial charge in [-0.1, -0.05) is 6.92 Å². The molecule has 92 valence electrons. The summed E-state index contributed by atoms with van der Waals surface area (Å²) in [6.07, 6.45) is 5.18. The van der Waals surface area contributed by atoms with Crippen LogP contribution in [0.25, 0.3) is 0 Å². The predicted octanol–water partition coefficient (Wildman–Crippen LogP) is 3.43. The van der Waals surface area contributed by atoms with Gasteiger partial charge in [0.2, 0.25) is 0 Å². The third kappa shape index (κ3) is 2.97. The lowest BCUT2D eigenvalue weighted by Gasteiger charge is -2.11. The second-order valence-corrected chi connectivity index (χ2v) is 6.39. The Hall–Kier alpha value is -0.650. The van der Waals surface area contributed by atoms with E-state index in [0.29, 0.717) is 0 Å². The molecular weight excluding hydrogens is 298 g/mol. The maximum Gasteiger partial charge on any atom is 0.0702 e. The fourth-order valence-corrected chi connectivity index (χ4v) is 3.40. The summed E-state index contributed by atoms with van der Waals surface area (Å²) in [5.41, 5.74) is 1.22. The molecule has 3 nitrogen and oxygen atoms in total. The van der Waals surface area contributed by atoms with Gasteiger partial charge in [0, 0.05) is 23.2 Å². The maximum absolute atomic E-state index is 4.38. The minimum Gasteiger partial charge on any atom is -0.309 e. The molecule has 2 aromatic rings. The van der Waals surface area contributed by atoms with E-state index in [-0.39, 0.29) is 6.04 Å². The number of thiophene rings is 1. The highest BCUT2D eigenvalue weighted by Gasteiger charge is 2.15. The van der Waals surface area contributed by atoms with Gasteiger partial charge in [-0.25, -0.2) is 0 Å². The molecule has 0 amide bonds. The second kappa shape index (κ2) is 5.80. The number of aromatic nitrogens is 2. The van der Waals surface area contributed by atoms with Gasteiger partial charge < -0.3 is 5.32 Å². The lowest BCUT2D eigenvalue weighted by molar-refractivity contribution is 0.600. The van der Waals surface area contributed by atoms with E-state index in [1.807, 2.05) is 17.9 Å². The van der Waals surface area contributed by atoms with Gasteiger partial charge >= 0.3 is 0 Å². The van der Waals surface area contributed by atoms with E-state index in [2.05, 4.69) is 51.6 Å². The standard InChI is InChI=1S/C12H16BrN3S/c1-3-6-16-8-9(7-15-16)12(14-2)10-4-5-11(13)17-10/h4-5,7-8,12,14H,3,6H2,1-2H3. The van der Waals surface area contributed by atoms with E-state index in [0.717, 1.165) is 16.8 Å². The van der Waals surface area contributed by atoms with Crippen molar-refractivity contribution < 1.29 is 0 Å². The van der Waals surface area contributed by atoms with E-state index in [4.69, 9.17) is 0 Å². The van der Waals surface area contributed by atoms with Gasteiger partial charge in [0.05, 0.1) is 16.0 Å². The Kier molecular flexibility index (Phi) is 4.36. The molecule has 0 saturated heterocycles. The van der Waals surface area contributed by atoms with Gasteiger partial charge in [-0.05, 0) is 41.5 Å². The lowest BCUT2D eigenvalue weighted by atomic mass is 10.1. The Morgan fingerprint density at radius 1 is 1.53 bits per heavy atom. The van der Waals surface area contributed by atoms with Gasteiger partial charge in [0.25, 0.3) is 0 Å². The van der Waals surface area contributed by atoms with Crippen molar-refractivity contribution in [2.45, 2.75) is 25.9 Å². The molecule has 0 fully saturated rings.